The first-order valence-electron chi connectivity index (χ1n) is 11.8. The Labute approximate surface area is 198 Å². The average Bonchev–Trinajstić information content (AvgIpc) is 2.78. The quantitative estimate of drug-likeness (QED) is 0.423. The lowest BCUT2D eigenvalue weighted by Gasteiger charge is -2.29. The molecule has 33 heavy (non-hydrogen) atoms. The average molecular weight is 464 g/mol. The van der Waals surface area contributed by atoms with E-state index in [1.807, 2.05) is 54.5 Å². The van der Waals surface area contributed by atoms with Crippen LogP contribution in [0.25, 0.3) is 0 Å². The second-order valence-electron chi connectivity index (χ2n) is 7.65. The van der Waals surface area contributed by atoms with Gasteiger partial charge in [0, 0.05) is 25.3 Å². The third-order valence-electron chi connectivity index (χ3n) is 4.96. The molecule has 0 aliphatic carbocycles. The maximum atomic E-state index is 13.2. The summed E-state index contributed by atoms with van der Waals surface area (Å²) in [4.78, 5) is 49.3. The summed E-state index contributed by atoms with van der Waals surface area (Å²) >= 11 is 0. The Kier molecular flexibility index (Phi) is 13.9. The van der Waals surface area contributed by atoms with Gasteiger partial charge in [-0.3, -0.25) is 29.4 Å². The third-order valence-corrected chi connectivity index (χ3v) is 4.96. The van der Waals surface area contributed by atoms with Crippen molar-refractivity contribution in [3.63, 3.8) is 0 Å². The molecule has 1 aliphatic heterocycles. The highest BCUT2D eigenvalue weighted by atomic mass is 16.5. The van der Waals surface area contributed by atoms with Crippen molar-refractivity contribution < 1.29 is 23.9 Å². The molecule has 0 saturated carbocycles. The maximum absolute atomic E-state index is 13.2. The van der Waals surface area contributed by atoms with Crippen LogP contribution in [-0.2, 0) is 19.1 Å². The molecule has 1 fully saturated rings. The first-order valence-corrected chi connectivity index (χ1v) is 11.8. The van der Waals surface area contributed by atoms with Gasteiger partial charge in [0.05, 0.1) is 11.2 Å². The minimum Gasteiger partial charge on any atom is -0.384 e. The van der Waals surface area contributed by atoms with E-state index < -0.39 is 23.8 Å². The van der Waals surface area contributed by atoms with Crippen LogP contribution in [0.2, 0.25) is 0 Å². The number of hydrogen-bond acceptors (Lipinski definition) is 6. The predicted octanol–water partition coefficient (Wildman–Crippen LogP) is 4.07. The molecule has 8 nitrogen and oxygen atoms in total. The van der Waals surface area contributed by atoms with Crippen LogP contribution in [0.5, 0.6) is 0 Å². The molecule has 1 saturated heterocycles. The van der Waals surface area contributed by atoms with E-state index in [9.17, 15) is 19.2 Å². The van der Waals surface area contributed by atoms with Gasteiger partial charge in [-0.25, -0.2) is 0 Å². The highest BCUT2D eigenvalue weighted by molar-refractivity contribution is 6.09. The van der Waals surface area contributed by atoms with E-state index in [2.05, 4.69) is 10.6 Å². The maximum Gasteiger partial charge on any atom is 0.263 e. The summed E-state index contributed by atoms with van der Waals surface area (Å²) < 4.78 is 5.69. The summed E-state index contributed by atoms with van der Waals surface area (Å²) in [6.45, 7) is 16.9. The van der Waals surface area contributed by atoms with Crippen LogP contribution < -0.4 is 10.6 Å². The lowest BCUT2D eigenvalue weighted by molar-refractivity contribution is -0.139. The Morgan fingerprint density at radius 2 is 1.88 bits per heavy atom. The second kappa shape index (κ2) is 15.2. The largest absolute Gasteiger partial charge is 0.384 e. The van der Waals surface area contributed by atoms with Crippen LogP contribution in [-0.4, -0.2) is 53.8 Å². The van der Waals surface area contributed by atoms with E-state index in [0.29, 0.717) is 42.8 Å². The van der Waals surface area contributed by atoms with Gasteiger partial charge >= 0.3 is 0 Å². The molecular weight excluding hydrogens is 422 g/mol. The van der Waals surface area contributed by atoms with Gasteiger partial charge in [0.1, 0.15) is 6.04 Å². The molecule has 1 heterocycles. The molecule has 2 N–H and O–H groups in total. The highest BCUT2D eigenvalue weighted by Gasteiger charge is 2.36. The van der Waals surface area contributed by atoms with Gasteiger partial charge in [0.25, 0.3) is 5.91 Å². The van der Waals surface area contributed by atoms with E-state index in [1.54, 1.807) is 19.1 Å². The molecule has 186 valence electrons. The Bertz CT molecular complexity index is 792. The fourth-order valence-corrected chi connectivity index (χ4v) is 3.40. The standard InChI is InChI=1S/C21H29N3O5.2C2H6/c1-5-29-21(3,4)11-12-22-15-8-6-7-14(2)18(15)20(28)24(13-25)16-9-10-17(26)23-19(16)27;2*1-2/h6-8,13,16,22H,5,9-12H2,1-4H3,(H,23,26,27);2*1-2H3. The molecule has 0 radical (unpaired) electrons. The van der Waals surface area contributed by atoms with Crippen molar-refractivity contribution in [3.8, 4) is 0 Å². The number of nitrogens with zero attached hydrogens (tertiary/aromatic N) is 1. The van der Waals surface area contributed by atoms with Gasteiger partial charge in [-0.15, -0.1) is 0 Å². The molecule has 0 spiro atoms. The monoisotopic (exact) mass is 463 g/mol. The fourth-order valence-electron chi connectivity index (χ4n) is 3.40. The van der Waals surface area contributed by atoms with Gasteiger partial charge in [-0.1, -0.05) is 39.8 Å². The number of piperidine rings is 1. The fraction of sp³-hybridized carbons (Fsp3) is 0.600. The summed E-state index contributed by atoms with van der Waals surface area (Å²) in [7, 11) is 0. The lowest BCUT2D eigenvalue weighted by atomic mass is 10.0. The zero-order chi connectivity index (χ0) is 25.6. The van der Waals surface area contributed by atoms with Crippen molar-refractivity contribution in [2.24, 2.45) is 0 Å². The van der Waals surface area contributed by atoms with Gasteiger partial charge in [-0.2, -0.15) is 0 Å². The number of amides is 4. The van der Waals surface area contributed by atoms with Gasteiger partial charge in [-0.05, 0) is 52.2 Å². The van der Waals surface area contributed by atoms with Crippen molar-refractivity contribution in [1.82, 2.24) is 10.2 Å². The number of aryl methyl sites for hydroxylation is 1. The molecular formula is C25H41N3O5. The van der Waals surface area contributed by atoms with Crippen LogP contribution in [0.1, 0.15) is 83.7 Å². The van der Waals surface area contributed by atoms with E-state index in [4.69, 9.17) is 4.74 Å². The zero-order valence-electron chi connectivity index (χ0n) is 21.4. The Morgan fingerprint density at radius 1 is 1.24 bits per heavy atom. The number of benzene rings is 1. The molecule has 2 rings (SSSR count). The molecule has 1 aliphatic rings. The number of nitrogens with one attached hydrogen (secondary N) is 2. The number of anilines is 1. The van der Waals surface area contributed by atoms with Crippen molar-refractivity contribution in [1.29, 1.82) is 0 Å². The van der Waals surface area contributed by atoms with Gasteiger partial charge in [0.2, 0.25) is 18.2 Å². The second-order valence-corrected chi connectivity index (χ2v) is 7.65. The van der Waals surface area contributed by atoms with E-state index in [0.717, 1.165) is 4.90 Å². The Hall–Kier alpha value is -2.74. The first-order chi connectivity index (χ1) is 15.7. The Morgan fingerprint density at radius 3 is 2.42 bits per heavy atom. The van der Waals surface area contributed by atoms with Gasteiger partial charge < -0.3 is 10.1 Å². The van der Waals surface area contributed by atoms with Gasteiger partial charge in [0.15, 0.2) is 0 Å². The number of carbonyl (C=O) groups is 4. The van der Waals surface area contributed by atoms with E-state index in [1.165, 1.54) is 0 Å². The van der Waals surface area contributed by atoms with E-state index in [-0.39, 0.29) is 18.4 Å². The Balaban J connectivity index is 0.00000242. The van der Waals surface area contributed by atoms with Crippen molar-refractivity contribution in [3.05, 3.63) is 29.3 Å². The summed E-state index contributed by atoms with van der Waals surface area (Å²) in [6.07, 6.45) is 1.27. The van der Waals surface area contributed by atoms with E-state index >= 15 is 0 Å². The van der Waals surface area contributed by atoms with Crippen LogP contribution in [0.4, 0.5) is 5.69 Å². The van der Waals surface area contributed by atoms with Crippen molar-refractivity contribution >= 4 is 29.8 Å². The van der Waals surface area contributed by atoms with Crippen LogP contribution in [0, 0.1) is 6.92 Å². The minimum atomic E-state index is -0.998. The normalized spacial score (nSPS) is 15.2. The topological polar surface area (TPSA) is 105 Å². The molecule has 1 atom stereocenters. The molecule has 0 aromatic heterocycles. The molecule has 4 amide bonds. The summed E-state index contributed by atoms with van der Waals surface area (Å²) in [5.74, 6) is -1.61. The first kappa shape index (κ1) is 30.3. The van der Waals surface area contributed by atoms with Crippen molar-refractivity contribution in [2.75, 3.05) is 18.5 Å². The molecule has 1 aromatic carbocycles. The SMILES string of the molecule is CC.CC.CCOC(C)(C)CCNc1cccc(C)c1C(=O)N(C=O)C1CCC(=O)NC1=O. The van der Waals surface area contributed by atoms with Crippen molar-refractivity contribution in [2.45, 2.75) is 86.3 Å². The third kappa shape index (κ3) is 8.96. The number of carbonyl (C=O) groups excluding carboxylic acids is 4. The highest BCUT2D eigenvalue weighted by Crippen LogP contribution is 2.24. The smallest absolute Gasteiger partial charge is 0.263 e. The summed E-state index contributed by atoms with van der Waals surface area (Å²) in [6, 6.07) is 4.36. The molecule has 1 unspecified atom stereocenters. The van der Waals surface area contributed by atoms with Crippen LogP contribution >= 0.6 is 0 Å². The van der Waals surface area contributed by atoms with Crippen LogP contribution in [0.3, 0.4) is 0 Å². The number of imide groups is 2. The number of rotatable bonds is 9. The molecule has 1 aromatic rings. The zero-order valence-corrected chi connectivity index (χ0v) is 21.4. The van der Waals surface area contributed by atoms with Crippen LogP contribution in [0.15, 0.2) is 18.2 Å². The number of ether oxygens (including phenoxy) is 1. The minimum absolute atomic E-state index is 0.0828. The summed E-state index contributed by atoms with van der Waals surface area (Å²) in [5, 5.41) is 5.43. The number of hydrogen-bond donors (Lipinski definition) is 2. The predicted molar refractivity (Wildman–Crippen MR) is 131 cm³/mol. The lowest BCUT2D eigenvalue weighted by Crippen LogP contribution is -2.54. The molecule has 8 heteroatoms. The summed E-state index contributed by atoms with van der Waals surface area (Å²) in [5.41, 5.74) is 1.29. The molecule has 0 bridgehead atoms.